The van der Waals surface area contributed by atoms with Crippen LogP contribution in [0.3, 0.4) is 0 Å². The van der Waals surface area contributed by atoms with Crippen molar-refractivity contribution in [3.63, 3.8) is 0 Å². The number of hydrogen-bond acceptors (Lipinski definition) is 6. The maximum absolute atomic E-state index is 16.5. The van der Waals surface area contributed by atoms with Gasteiger partial charge in [0.2, 0.25) is 20.2 Å². The van der Waals surface area contributed by atoms with E-state index in [0.717, 1.165) is 35.2 Å². The predicted octanol–water partition coefficient (Wildman–Crippen LogP) is 5.87. The smallest absolute Gasteiger partial charge is 0.264 e. The molecule has 2 fully saturated rings. The van der Waals surface area contributed by atoms with Gasteiger partial charge in [0, 0.05) is 42.2 Å². The Kier molecular flexibility index (Phi) is 9.11. The number of methoxy groups -OCH3 is 1. The monoisotopic (exact) mass is 699 g/mol. The van der Waals surface area contributed by atoms with Gasteiger partial charge in [-0.2, -0.15) is 0 Å². The van der Waals surface area contributed by atoms with Crippen molar-refractivity contribution in [2.75, 3.05) is 30.1 Å². The van der Waals surface area contributed by atoms with Crippen molar-refractivity contribution in [2.24, 2.45) is 5.92 Å². The Morgan fingerprint density at radius 3 is 2.56 bits per heavy atom. The average Bonchev–Trinajstić information content (AvgIpc) is 3.53. The minimum Gasteiger partial charge on any atom is -0.497 e. The van der Waals surface area contributed by atoms with Gasteiger partial charge in [-0.1, -0.05) is 43.3 Å². The summed E-state index contributed by atoms with van der Waals surface area (Å²) >= 11 is 0. The second kappa shape index (κ2) is 13.2. The Morgan fingerprint density at radius 2 is 1.84 bits per heavy atom. The Hall–Kier alpha value is -4.06. The van der Waals surface area contributed by atoms with E-state index >= 15 is 4.11 Å². The molecule has 5 atom stereocenters. The molecule has 1 spiro atoms. The van der Waals surface area contributed by atoms with Crippen molar-refractivity contribution < 1.29 is 33.1 Å². The molecular weight excluding hydrogens is 654 g/mol. The summed E-state index contributed by atoms with van der Waals surface area (Å²) in [5.41, 5.74) is 2.85. The number of hydrogen-bond donors (Lipinski definition) is 1. The molecule has 4 aliphatic rings. The number of nitrogens with zero attached hydrogens (tertiary/aromatic N) is 3. The van der Waals surface area contributed by atoms with Crippen LogP contribution in [0, 0.1) is 5.92 Å². The van der Waals surface area contributed by atoms with Crippen LogP contribution in [0.2, 0.25) is 18.6 Å². The van der Waals surface area contributed by atoms with Gasteiger partial charge < -0.3 is 33.4 Å². The van der Waals surface area contributed by atoms with Crippen molar-refractivity contribution in [1.82, 2.24) is 4.90 Å². The van der Waals surface area contributed by atoms with Gasteiger partial charge in [0.15, 0.2) is 5.60 Å². The van der Waals surface area contributed by atoms with Gasteiger partial charge in [-0.3, -0.25) is 14.4 Å². The van der Waals surface area contributed by atoms with Crippen molar-refractivity contribution in [2.45, 2.75) is 88.5 Å². The lowest BCUT2D eigenvalue weighted by Gasteiger charge is -2.37. The normalized spacial score (nSPS) is 26.4. The summed E-state index contributed by atoms with van der Waals surface area (Å²) in [6, 6.07) is 20.7. The van der Waals surface area contributed by atoms with Gasteiger partial charge in [-0.05, 0) is 79.4 Å². The third-order valence-electron chi connectivity index (χ3n) is 11.3. The lowest BCUT2D eigenvalue weighted by molar-refractivity contribution is -0.151. The van der Waals surface area contributed by atoms with E-state index in [4.69, 9.17) is 9.47 Å². The molecule has 9 nitrogen and oxygen atoms in total. The van der Waals surface area contributed by atoms with E-state index in [1.165, 1.54) is 0 Å². The molecule has 0 aromatic heterocycles. The van der Waals surface area contributed by atoms with E-state index in [1.807, 2.05) is 72.5 Å². The number of amides is 3. The molecule has 264 valence electrons. The van der Waals surface area contributed by atoms with Crippen LogP contribution < -0.4 is 14.5 Å². The molecule has 3 aromatic rings. The number of aliphatic hydroxyl groups is 1. The molecule has 1 N–H and O–H groups in total. The summed E-state index contributed by atoms with van der Waals surface area (Å²) < 4.78 is 29.0. The number of piperidine rings is 1. The quantitative estimate of drug-likeness (QED) is 0.233. The van der Waals surface area contributed by atoms with Crippen LogP contribution in [0.15, 0.2) is 66.7 Å². The summed E-state index contributed by atoms with van der Waals surface area (Å²) in [5.74, 6) is -0.466. The highest BCUT2D eigenvalue weighted by Crippen LogP contribution is 2.61. The largest absolute Gasteiger partial charge is 0.497 e. The standard InChI is InChI=1S/C39H46FN3O6Si/c1-25-37(50(3,4)40)34(21-36(46)42-23-28-12-6-5-11-27(28)19-30(42)24-44)49-39(25)32-20-31(48-2)15-16-33(32)43(38(39)47)22-26-10-9-13-29(18-26)41-17-8-7-14-35(41)45/h5-6,9-13,15-16,18,20,25,30,34,37,44H,7-8,14,17,19,21-24H2,1-4H3/t25-,30-,34+,37-,39+/m0/s1. The lowest BCUT2D eigenvalue weighted by Crippen LogP contribution is -2.48. The maximum Gasteiger partial charge on any atom is 0.264 e. The highest BCUT2D eigenvalue weighted by molar-refractivity contribution is 6.72. The van der Waals surface area contributed by atoms with Gasteiger partial charge in [0.05, 0.1) is 44.5 Å². The first-order chi connectivity index (χ1) is 24.0. The zero-order valence-electron chi connectivity index (χ0n) is 29.2. The fraction of sp³-hybridized carbons (Fsp3) is 0.462. The van der Waals surface area contributed by atoms with E-state index in [9.17, 15) is 19.5 Å². The van der Waals surface area contributed by atoms with Crippen LogP contribution in [0.1, 0.15) is 54.9 Å². The number of carbonyl (C=O) groups is 3. The minimum absolute atomic E-state index is 0.0962. The summed E-state index contributed by atoms with van der Waals surface area (Å²) in [6.45, 7) is 6.18. The van der Waals surface area contributed by atoms with E-state index in [-0.39, 0.29) is 37.3 Å². The summed E-state index contributed by atoms with van der Waals surface area (Å²) in [6.07, 6.45) is 1.93. The number of fused-ring (bicyclic) bond motifs is 3. The first-order valence-electron chi connectivity index (χ1n) is 17.7. The second-order valence-electron chi connectivity index (χ2n) is 14.8. The molecule has 4 aliphatic heterocycles. The fourth-order valence-corrected chi connectivity index (χ4v) is 11.4. The van der Waals surface area contributed by atoms with Crippen LogP contribution in [0.5, 0.6) is 5.75 Å². The Labute approximate surface area is 294 Å². The number of rotatable bonds is 8. The van der Waals surface area contributed by atoms with Crippen LogP contribution in [0.25, 0.3) is 0 Å². The van der Waals surface area contributed by atoms with Crippen molar-refractivity contribution in [3.8, 4) is 5.75 Å². The molecule has 50 heavy (non-hydrogen) atoms. The first-order valence-corrected chi connectivity index (χ1v) is 20.7. The molecule has 11 heteroatoms. The van der Waals surface area contributed by atoms with Gasteiger partial charge in [0.25, 0.3) is 5.91 Å². The number of anilines is 2. The second-order valence-corrected chi connectivity index (χ2v) is 18.5. The highest BCUT2D eigenvalue weighted by atomic mass is 28.4. The SMILES string of the molecule is COc1ccc2c(c1)[C@@]1(O[C@H](CC(=O)N3Cc4ccccc4C[C@H]3CO)[C@@H]([Si](C)(C)F)[C@@H]1C)C(=O)N2Cc1cccc(N2CCCCC2=O)c1. The maximum atomic E-state index is 16.5. The number of aliphatic hydroxyl groups excluding tert-OH is 1. The third-order valence-corrected chi connectivity index (χ3v) is 13.8. The van der Waals surface area contributed by atoms with E-state index in [2.05, 4.69) is 0 Å². The molecule has 3 aromatic carbocycles. The molecule has 7 rings (SSSR count). The van der Waals surface area contributed by atoms with Gasteiger partial charge in [0.1, 0.15) is 5.75 Å². The average molecular weight is 700 g/mol. The van der Waals surface area contributed by atoms with Gasteiger partial charge >= 0.3 is 0 Å². The lowest BCUT2D eigenvalue weighted by atomic mass is 9.82. The number of benzene rings is 3. The summed E-state index contributed by atoms with van der Waals surface area (Å²) in [7, 11) is -1.97. The topological polar surface area (TPSA) is 99.6 Å². The van der Waals surface area contributed by atoms with E-state index < -0.39 is 37.6 Å². The van der Waals surface area contributed by atoms with E-state index in [1.54, 1.807) is 36.1 Å². The molecule has 0 unspecified atom stereocenters. The minimum atomic E-state index is -3.53. The first kappa shape index (κ1) is 34.4. The predicted molar refractivity (Wildman–Crippen MR) is 191 cm³/mol. The van der Waals surface area contributed by atoms with Crippen LogP contribution in [-0.4, -0.2) is 68.5 Å². The van der Waals surface area contributed by atoms with Crippen molar-refractivity contribution >= 4 is 37.5 Å². The molecule has 3 amide bonds. The molecule has 0 aliphatic carbocycles. The summed E-state index contributed by atoms with van der Waals surface area (Å²) in [4.78, 5) is 47.0. The fourth-order valence-electron chi connectivity index (χ4n) is 8.93. The van der Waals surface area contributed by atoms with Crippen molar-refractivity contribution in [3.05, 3.63) is 89.0 Å². The Bertz CT molecular complexity index is 1810. The van der Waals surface area contributed by atoms with E-state index in [0.29, 0.717) is 42.9 Å². The van der Waals surface area contributed by atoms with Crippen LogP contribution in [-0.2, 0) is 44.2 Å². The van der Waals surface area contributed by atoms with Crippen molar-refractivity contribution in [1.29, 1.82) is 0 Å². The molecule has 2 saturated heterocycles. The molecule has 4 heterocycles. The van der Waals surface area contributed by atoms with Gasteiger partial charge in [-0.25, -0.2) is 0 Å². The third kappa shape index (κ3) is 5.82. The van der Waals surface area contributed by atoms with Gasteiger partial charge in [-0.15, -0.1) is 0 Å². The van der Waals surface area contributed by atoms with Crippen LogP contribution in [0.4, 0.5) is 15.5 Å². The summed E-state index contributed by atoms with van der Waals surface area (Å²) in [5, 5.41) is 10.3. The number of carbonyl (C=O) groups excluding carboxylic acids is 3. The molecular formula is C39H46FN3O6Si. The Balaban J connectivity index is 1.22. The molecule has 0 saturated carbocycles. The zero-order valence-corrected chi connectivity index (χ0v) is 30.2. The zero-order chi connectivity index (χ0) is 35.4. The number of ether oxygens (including phenoxy) is 2. The highest BCUT2D eigenvalue weighted by Gasteiger charge is 2.67. The number of halogens is 1. The molecule has 0 bridgehead atoms. The molecule has 0 radical (unpaired) electrons. The van der Waals surface area contributed by atoms with Crippen LogP contribution >= 0.6 is 0 Å². The Morgan fingerprint density at radius 1 is 1.06 bits per heavy atom.